The molecule has 1 aliphatic rings. The lowest BCUT2D eigenvalue weighted by Gasteiger charge is -2.11. The summed E-state index contributed by atoms with van der Waals surface area (Å²) < 4.78 is 12.8. The van der Waals surface area contributed by atoms with Crippen LogP contribution in [0, 0.1) is 5.82 Å². The zero-order chi connectivity index (χ0) is 13.2. The van der Waals surface area contributed by atoms with E-state index in [-0.39, 0.29) is 17.8 Å². The first kappa shape index (κ1) is 11.7. The molecule has 0 fully saturated rings. The Labute approximate surface area is 110 Å². The van der Waals surface area contributed by atoms with Crippen LogP contribution in [0.15, 0.2) is 48.5 Å². The predicted octanol–water partition coefficient (Wildman–Crippen LogP) is 2.80. The fourth-order valence-corrected chi connectivity index (χ4v) is 2.22. The summed E-state index contributed by atoms with van der Waals surface area (Å²) in [7, 11) is 0. The lowest BCUT2D eigenvalue weighted by molar-refractivity contribution is -0.116. The molecular formula is C15H13FN2O. The predicted molar refractivity (Wildman–Crippen MR) is 72.6 cm³/mol. The standard InChI is InChI=1S/C15H13FN2O/c16-11-5-7-12(8-6-11)17-15(19)14-9-10-3-1-2-4-13(10)18-14/h1-8,14,18H,9H2,(H,17,19)/t14-/m0/s1. The SMILES string of the molecule is O=C(Nc1ccc(F)cc1)[C@@H]1Cc2ccccc2N1. The van der Waals surface area contributed by atoms with Crippen LogP contribution in [0.1, 0.15) is 5.56 Å². The number of halogens is 1. The monoisotopic (exact) mass is 256 g/mol. The molecule has 0 saturated heterocycles. The molecule has 4 heteroatoms. The lowest BCUT2D eigenvalue weighted by Crippen LogP contribution is -2.32. The van der Waals surface area contributed by atoms with Gasteiger partial charge in [-0.15, -0.1) is 0 Å². The smallest absolute Gasteiger partial charge is 0.247 e. The second-order valence-electron chi connectivity index (χ2n) is 4.55. The zero-order valence-corrected chi connectivity index (χ0v) is 10.2. The summed E-state index contributed by atoms with van der Waals surface area (Å²) >= 11 is 0. The fourth-order valence-electron chi connectivity index (χ4n) is 2.22. The number of anilines is 2. The third-order valence-electron chi connectivity index (χ3n) is 3.20. The number of hydrogen-bond acceptors (Lipinski definition) is 2. The van der Waals surface area contributed by atoms with Gasteiger partial charge in [-0.2, -0.15) is 0 Å². The Morgan fingerprint density at radius 2 is 1.89 bits per heavy atom. The van der Waals surface area contributed by atoms with E-state index >= 15 is 0 Å². The molecule has 0 bridgehead atoms. The maximum Gasteiger partial charge on any atom is 0.247 e. The molecule has 0 saturated carbocycles. The number of para-hydroxylation sites is 1. The number of nitrogens with one attached hydrogen (secondary N) is 2. The van der Waals surface area contributed by atoms with Crippen molar-refractivity contribution in [3.05, 3.63) is 59.9 Å². The Balaban J connectivity index is 1.68. The van der Waals surface area contributed by atoms with Crippen molar-refractivity contribution in [1.29, 1.82) is 0 Å². The van der Waals surface area contributed by atoms with Gasteiger partial charge in [0.2, 0.25) is 5.91 Å². The maximum atomic E-state index is 12.8. The van der Waals surface area contributed by atoms with Gasteiger partial charge in [-0.05, 0) is 35.9 Å². The molecule has 1 heterocycles. The first-order valence-corrected chi connectivity index (χ1v) is 6.13. The van der Waals surface area contributed by atoms with E-state index in [9.17, 15) is 9.18 Å². The van der Waals surface area contributed by atoms with Crippen molar-refractivity contribution in [1.82, 2.24) is 0 Å². The van der Waals surface area contributed by atoms with Crippen LogP contribution in [0.25, 0.3) is 0 Å². The van der Waals surface area contributed by atoms with Crippen molar-refractivity contribution >= 4 is 17.3 Å². The van der Waals surface area contributed by atoms with Crippen LogP contribution >= 0.6 is 0 Å². The average Bonchev–Trinajstić information content (AvgIpc) is 2.85. The molecule has 96 valence electrons. The molecule has 2 aromatic rings. The van der Waals surface area contributed by atoms with E-state index in [1.807, 2.05) is 24.3 Å². The van der Waals surface area contributed by atoms with Crippen LogP contribution < -0.4 is 10.6 Å². The molecule has 2 aromatic carbocycles. The van der Waals surface area contributed by atoms with Crippen LogP contribution in [0.5, 0.6) is 0 Å². The van der Waals surface area contributed by atoms with E-state index in [4.69, 9.17) is 0 Å². The molecule has 1 atom stereocenters. The minimum absolute atomic E-state index is 0.109. The van der Waals surface area contributed by atoms with E-state index in [1.54, 1.807) is 12.1 Å². The second kappa shape index (κ2) is 4.72. The van der Waals surface area contributed by atoms with Gasteiger partial charge in [-0.25, -0.2) is 4.39 Å². The highest BCUT2D eigenvalue weighted by atomic mass is 19.1. The molecule has 1 amide bonds. The molecule has 0 spiro atoms. The summed E-state index contributed by atoms with van der Waals surface area (Å²) in [6.45, 7) is 0. The van der Waals surface area contributed by atoms with E-state index < -0.39 is 0 Å². The van der Waals surface area contributed by atoms with Crippen molar-refractivity contribution in [3.8, 4) is 0 Å². The minimum atomic E-state index is -0.315. The number of benzene rings is 2. The van der Waals surface area contributed by atoms with Crippen molar-refractivity contribution in [2.45, 2.75) is 12.5 Å². The second-order valence-corrected chi connectivity index (χ2v) is 4.55. The first-order chi connectivity index (χ1) is 9.22. The van der Waals surface area contributed by atoms with Crippen LogP contribution in [-0.2, 0) is 11.2 Å². The summed E-state index contributed by atoms with van der Waals surface area (Å²) in [5.74, 6) is -0.424. The van der Waals surface area contributed by atoms with Crippen LogP contribution in [-0.4, -0.2) is 11.9 Å². The number of rotatable bonds is 2. The normalized spacial score (nSPS) is 16.6. The summed E-state index contributed by atoms with van der Waals surface area (Å²) in [5, 5.41) is 5.96. The molecule has 0 unspecified atom stereocenters. The fraction of sp³-hybridized carbons (Fsp3) is 0.133. The van der Waals surface area contributed by atoms with Crippen molar-refractivity contribution in [2.75, 3.05) is 10.6 Å². The Kier molecular flexibility index (Phi) is 2.91. The molecule has 0 radical (unpaired) electrons. The van der Waals surface area contributed by atoms with Crippen LogP contribution in [0.3, 0.4) is 0 Å². The van der Waals surface area contributed by atoms with Crippen LogP contribution in [0.2, 0.25) is 0 Å². The highest BCUT2D eigenvalue weighted by Gasteiger charge is 2.26. The van der Waals surface area contributed by atoms with Gasteiger partial charge in [-0.3, -0.25) is 4.79 Å². The first-order valence-electron chi connectivity index (χ1n) is 6.13. The molecule has 1 aliphatic heterocycles. The van der Waals surface area contributed by atoms with Crippen LogP contribution in [0.4, 0.5) is 15.8 Å². The van der Waals surface area contributed by atoms with Crippen molar-refractivity contribution in [2.24, 2.45) is 0 Å². The minimum Gasteiger partial charge on any atom is -0.373 e. The number of hydrogen-bond donors (Lipinski definition) is 2. The molecule has 19 heavy (non-hydrogen) atoms. The molecule has 0 aromatic heterocycles. The molecule has 2 N–H and O–H groups in total. The molecule has 3 rings (SSSR count). The van der Waals surface area contributed by atoms with Gasteiger partial charge in [-0.1, -0.05) is 18.2 Å². The highest BCUT2D eigenvalue weighted by molar-refractivity contribution is 5.98. The van der Waals surface area contributed by atoms with Crippen molar-refractivity contribution in [3.63, 3.8) is 0 Å². The summed E-state index contributed by atoms with van der Waals surface area (Å²) in [6.07, 6.45) is 0.670. The average molecular weight is 256 g/mol. The van der Waals surface area contributed by atoms with Gasteiger partial charge in [0, 0.05) is 17.8 Å². The van der Waals surface area contributed by atoms with Gasteiger partial charge in [0.25, 0.3) is 0 Å². The maximum absolute atomic E-state index is 12.8. The zero-order valence-electron chi connectivity index (χ0n) is 10.2. The van der Waals surface area contributed by atoms with Gasteiger partial charge >= 0.3 is 0 Å². The van der Waals surface area contributed by atoms with E-state index in [0.717, 1.165) is 11.3 Å². The number of carbonyl (C=O) groups excluding carboxylic acids is 1. The Morgan fingerprint density at radius 3 is 2.63 bits per heavy atom. The Morgan fingerprint density at radius 1 is 1.16 bits per heavy atom. The molecule has 0 aliphatic carbocycles. The number of amides is 1. The van der Waals surface area contributed by atoms with Gasteiger partial charge in [0.15, 0.2) is 0 Å². The Bertz CT molecular complexity index is 585. The van der Waals surface area contributed by atoms with Gasteiger partial charge in [0.1, 0.15) is 11.9 Å². The highest BCUT2D eigenvalue weighted by Crippen LogP contribution is 2.25. The van der Waals surface area contributed by atoms with Gasteiger partial charge < -0.3 is 10.6 Å². The number of carbonyl (C=O) groups is 1. The quantitative estimate of drug-likeness (QED) is 0.867. The third kappa shape index (κ3) is 2.42. The summed E-state index contributed by atoms with van der Waals surface area (Å²) in [6, 6.07) is 13.3. The molecule has 3 nitrogen and oxygen atoms in total. The van der Waals surface area contributed by atoms with E-state index in [1.165, 1.54) is 12.1 Å². The van der Waals surface area contributed by atoms with E-state index in [0.29, 0.717) is 12.1 Å². The lowest BCUT2D eigenvalue weighted by atomic mass is 10.1. The van der Waals surface area contributed by atoms with Gasteiger partial charge in [0.05, 0.1) is 0 Å². The molecular weight excluding hydrogens is 243 g/mol. The summed E-state index contributed by atoms with van der Waals surface area (Å²) in [4.78, 5) is 12.1. The van der Waals surface area contributed by atoms with E-state index in [2.05, 4.69) is 10.6 Å². The van der Waals surface area contributed by atoms with Crippen molar-refractivity contribution < 1.29 is 9.18 Å². The number of fused-ring (bicyclic) bond motifs is 1. The third-order valence-corrected chi connectivity index (χ3v) is 3.20. The Hall–Kier alpha value is -2.36. The topological polar surface area (TPSA) is 41.1 Å². The largest absolute Gasteiger partial charge is 0.373 e. The summed E-state index contributed by atoms with van der Waals surface area (Å²) in [5.41, 5.74) is 2.74.